The third kappa shape index (κ3) is 3.28. The van der Waals surface area contributed by atoms with Crippen LogP contribution in [0.5, 0.6) is 17.4 Å². The molecule has 2 rings (SSSR count). The maximum atomic E-state index is 10.7. The highest BCUT2D eigenvalue weighted by molar-refractivity contribution is 5.84. The normalized spacial score (nSPS) is 10.2. The Morgan fingerprint density at radius 1 is 1.21 bits per heavy atom. The molecule has 5 heteroatoms. The van der Waals surface area contributed by atoms with Crippen molar-refractivity contribution in [3.05, 3.63) is 42.2 Å². The summed E-state index contributed by atoms with van der Waals surface area (Å²) < 4.78 is 16.0. The Morgan fingerprint density at radius 3 is 2.58 bits per heavy atom. The van der Waals surface area contributed by atoms with Crippen LogP contribution in [0.3, 0.4) is 0 Å². The number of hydrogen-bond donors (Lipinski definition) is 1. The molecule has 0 aliphatic carbocycles. The van der Waals surface area contributed by atoms with Gasteiger partial charge in [0.15, 0.2) is 11.5 Å². The zero-order chi connectivity index (χ0) is 13.7. The van der Waals surface area contributed by atoms with Crippen LogP contribution in [0.1, 0.15) is 23.9 Å². The Morgan fingerprint density at radius 2 is 1.95 bits per heavy atom. The van der Waals surface area contributed by atoms with Gasteiger partial charge in [-0.2, -0.15) is 0 Å². The van der Waals surface area contributed by atoms with E-state index in [0.29, 0.717) is 18.1 Å². The molecule has 0 atom stereocenters. The molecule has 5 nitrogen and oxygen atoms in total. The van der Waals surface area contributed by atoms with Gasteiger partial charge < -0.3 is 19.0 Å². The van der Waals surface area contributed by atoms with Crippen LogP contribution < -0.4 is 9.47 Å². The minimum absolute atomic E-state index is 0.116. The van der Waals surface area contributed by atoms with Crippen molar-refractivity contribution in [2.24, 2.45) is 0 Å². The summed E-state index contributed by atoms with van der Waals surface area (Å²) in [6.07, 6.45) is 0.887. The molecule has 0 bridgehead atoms. The quantitative estimate of drug-likeness (QED) is 0.862. The second-order valence-corrected chi connectivity index (χ2v) is 3.82. The number of rotatable bonds is 6. The highest BCUT2D eigenvalue weighted by Crippen LogP contribution is 2.32. The third-order valence-corrected chi connectivity index (χ3v) is 2.31. The number of benzene rings is 1. The van der Waals surface area contributed by atoms with Gasteiger partial charge in [0.1, 0.15) is 0 Å². The van der Waals surface area contributed by atoms with E-state index in [2.05, 4.69) is 0 Å². The monoisotopic (exact) mass is 262 g/mol. The Bertz CT molecular complexity index is 558. The van der Waals surface area contributed by atoms with E-state index in [0.717, 1.165) is 6.42 Å². The van der Waals surface area contributed by atoms with E-state index in [1.165, 1.54) is 12.1 Å². The van der Waals surface area contributed by atoms with Crippen LogP contribution in [0.4, 0.5) is 0 Å². The van der Waals surface area contributed by atoms with Gasteiger partial charge in [0.25, 0.3) is 5.95 Å². The first kappa shape index (κ1) is 13.0. The lowest BCUT2D eigenvalue weighted by Crippen LogP contribution is -1.97. The van der Waals surface area contributed by atoms with Crippen LogP contribution >= 0.6 is 0 Å². The van der Waals surface area contributed by atoms with Crippen LogP contribution in [-0.4, -0.2) is 17.7 Å². The van der Waals surface area contributed by atoms with Crippen LogP contribution in [-0.2, 0) is 0 Å². The molecular formula is C14H14O5. The van der Waals surface area contributed by atoms with Crippen LogP contribution in [0.15, 0.2) is 40.8 Å². The SMILES string of the molecule is CCCOc1ccccc1Oc1ccc(C(=O)O)o1. The number of carbonyl (C=O) groups is 1. The lowest BCUT2D eigenvalue weighted by Gasteiger charge is -2.09. The Balaban J connectivity index is 2.15. The number of hydrogen-bond acceptors (Lipinski definition) is 4. The summed E-state index contributed by atoms with van der Waals surface area (Å²) in [6, 6.07) is 9.95. The Labute approximate surface area is 110 Å². The minimum atomic E-state index is -1.13. The van der Waals surface area contributed by atoms with Crippen molar-refractivity contribution in [1.82, 2.24) is 0 Å². The summed E-state index contributed by atoms with van der Waals surface area (Å²) in [4.78, 5) is 10.7. The van der Waals surface area contributed by atoms with Gasteiger partial charge >= 0.3 is 5.97 Å². The van der Waals surface area contributed by atoms with Gasteiger partial charge in [-0.25, -0.2) is 4.79 Å². The molecule has 2 aromatic rings. The highest BCUT2D eigenvalue weighted by Gasteiger charge is 2.12. The van der Waals surface area contributed by atoms with Crippen molar-refractivity contribution in [2.45, 2.75) is 13.3 Å². The molecule has 1 aromatic carbocycles. The average molecular weight is 262 g/mol. The fourth-order valence-corrected chi connectivity index (χ4v) is 1.46. The summed E-state index contributed by atoms with van der Waals surface area (Å²) in [5.41, 5.74) is 0. The van der Waals surface area contributed by atoms with Gasteiger partial charge in [-0.1, -0.05) is 19.1 Å². The summed E-state index contributed by atoms with van der Waals surface area (Å²) >= 11 is 0. The first-order chi connectivity index (χ1) is 9.20. The maximum Gasteiger partial charge on any atom is 0.371 e. The molecule has 1 N–H and O–H groups in total. The predicted octanol–water partition coefficient (Wildman–Crippen LogP) is 3.56. The third-order valence-electron chi connectivity index (χ3n) is 2.31. The first-order valence-corrected chi connectivity index (χ1v) is 5.93. The van der Waals surface area contributed by atoms with E-state index in [-0.39, 0.29) is 11.7 Å². The van der Waals surface area contributed by atoms with E-state index in [1.807, 2.05) is 13.0 Å². The van der Waals surface area contributed by atoms with E-state index < -0.39 is 5.97 Å². The number of furan rings is 1. The smallest absolute Gasteiger partial charge is 0.371 e. The lowest BCUT2D eigenvalue weighted by atomic mass is 10.3. The van der Waals surface area contributed by atoms with E-state index in [4.69, 9.17) is 19.0 Å². The molecule has 0 amide bonds. The number of carboxylic acid groups (broad SMARTS) is 1. The molecule has 1 aromatic heterocycles. The molecule has 0 unspecified atom stereocenters. The molecule has 0 spiro atoms. The van der Waals surface area contributed by atoms with E-state index in [9.17, 15) is 4.79 Å². The van der Waals surface area contributed by atoms with Gasteiger partial charge in [-0.15, -0.1) is 0 Å². The van der Waals surface area contributed by atoms with E-state index >= 15 is 0 Å². The number of aromatic carboxylic acids is 1. The van der Waals surface area contributed by atoms with Crippen molar-refractivity contribution in [3.8, 4) is 17.4 Å². The average Bonchev–Trinajstić information content (AvgIpc) is 2.86. The predicted molar refractivity (Wildman–Crippen MR) is 68.0 cm³/mol. The highest BCUT2D eigenvalue weighted by atomic mass is 16.6. The van der Waals surface area contributed by atoms with Crippen molar-refractivity contribution >= 4 is 5.97 Å². The van der Waals surface area contributed by atoms with Crippen LogP contribution in [0, 0.1) is 0 Å². The molecule has 1 heterocycles. The first-order valence-electron chi connectivity index (χ1n) is 5.93. The van der Waals surface area contributed by atoms with Crippen molar-refractivity contribution in [1.29, 1.82) is 0 Å². The molecule has 0 saturated heterocycles. The number of para-hydroxylation sites is 2. The molecular weight excluding hydrogens is 248 g/mol. The molecule has 100 valence electrons. The summed E-state index contributed by atoms with van der Waals surface area (Å²) in [5, 5.41) is 8.76. The molecule has 19 heavy (non-hydrogen) atoms. The topological polar surface area (TPSA) is 68.9 Å². The van der Waals surface area contributed by atoms with Gasteiger partial charge in [0.05, 0.1) is 6.61 Å². The molecule has 0 radical (unpaired) electrons. The molecule has 0 aliphatic heterocycles. The zero-order valence-corrected chi connectivity index (χ0v) is 10.5. The maximum absolute atomic E-state index is 10.7. The lowest BCUT2D eigenvalue weighted by molar-refractivity contribution is 0.0657. The number of carboxylic acids is 1. The molecule has 0 saturated carbocycles. The summed E-state index contributed by atoms with van der Waals surface area (Å²) in [6.45, 7) is 2.59. The number of ether oxygens (including phenoxy) is 2. The van der Waals surface area contributed by atoms with Gasteiger partial charge in [0.2, 0.25) is 5.76 Å². The second-order valence-electron chi connectivity index (χ2n) is 3.82. The molecule has 0 fully saturated rings. The van der Waals surface area contributed by atoms with E-state index in [1.54, 1.807) is 18.2 Å². The second kappa shape index (κ2) is 5.95. The van der Waals surface area contributed by atoms with Gasteiger partial charge in [0, 0.05) is 6.07 Å². The fourth-order valence-electron chi connectivity index (χ4n) is 1.46. The van der Waals surface area contributed by atoms with Crippen molar-refractivity contribution < 1.29 is 23.8 Å². The van der Waals surface area contributed by atoms with Crippen LogP contribution in [0.2, 0.25) is 0 Å². The molecule has 0 aliphatic rings. The summed E-state index contributed by atoms with van der Waals surface area (Å²) in [5.74, 6) is -0.0999. The van der Waals surface area contributed by atoms with Gasteiger partial charge in [-0.05, 0) is 24.6 Å². The standard InChI is InChI=1S/C14H14O5/c1-2-9-17-10-5-3-4-6-11(10)18-13-8-7-12(19-13)14(15)16/h3-8H,2,9H2,1H3,(H,15,16). The summed E-state index contributed by atoms with van der Waals surface area (Å²) in [7, 11) is 0. The van der Waals surface area contributed by atoms with Crippen molar-refractivity contribution in [3.63, 3.8) is 0 Å². The fraction of sp³-hybridized carbons (Fsp3) is 0.214. The Kier molecular flexibility index (Phi) is 4.07. The largest absolute Gasteiger partial charge is 0.490 e. The minimum Gasteiger partial charge on any atom is -0.490 e. The van der Waals surface area contributed by atoms with Gasteiger partial charge in [-0.3, -0.25) is 0 Å². The Hall–Kier alpha value is -2.43. The van der Waals surface area contributed by atoms with Crippen molar-refractivity contribution in [2.75, 3.05) is 6.61 Å². The zero-order valence-electron chi connectivity index (χ0n) is 10.5. The van der Waals surface area contributed by atoms with Crippen LogP contribution in [0.25, 0.3) is 0 Å².